The number of carbonyl (C=O) groups excluding carboxylic acids is 1. The largest absolute Gasteiger partial charge is 0.469 e. The van der Waals surface area contributed by atoms with E-state index < -0.39 is 40.5 Å². The van der Waals surface area contributed by atoms with Crippen molar-refractivity contribution in [2.24, 2.45) is 11.1 Å². The second-order valence-electron chi connectivity index (χ2n) is 4.92. The van der Waals surface area contributed by atoms with Crippen molar-refractivity contribution in [3.63, 3.8) is 0 Å². The molecule has 1 aromatic carbocycles. The molecule has 20 heavy (non-hydrogen) atoms. The van der Waals surface area contributed by atoms with E-state index in [0.717, 1.165) is 7.11 Å². The lowest BCUT2D eigenvalue weighted by molar-refractivity contribution is -0.153. The van der Waals surface area contributed by atoms with Crippen molar-refractivity contribution < 1.29 is 27.1 Å². The van der Waals surface area contributed by atoms with Crippen molar-refractivity contribution in [2.75, 3.05) is 7.11 Å². The maximum atomic E-state index is 13.2. The molecule has 0 fully saturated rings. The lowest BCUT2D eigenvalue weighted by atomic mass is 9.79. The number of hydrogen-bond acceptors (Lipinski definition) is 3. The van der Waals surface area contributed by atoms with Gasteiger partial charge in [-0.05, 0) is 37.6 Å². The molecule has 0 aliphatic rings. The standard InChI is InChI=1S/C13H15F4NO2/c1-12(2,11(19)20-3)10(18)8-6-7(14)4-5-9(8)13(15,16)17/h4-6,10H,18H2,1-3H3/t10-/m0/s1. The van der Waals surface area contributed by atoms with Crippen LogP contribution < -0.4 is 5.73 Å². The quantitative estimate of drug-likeness (QED) is 0.688. The van der Waals surface area contributed by atoms with E-state index in [2.05, 4.69) is 4.74 Å². The van der Waals surface area contributed by atoms with Crippen molar-refractivity contribution in [3.05, 3.63) is 35.1 Å². The van der Waals surface area contributed by atoms with Crippen LogP contribution in [0.5, 0.6) is 0 Å². The molecule has 0 amide bonds. The first-order valence-corrected chi connectivity index (χ1v) is 5.72. The summed E-state index contributed by atoms with van der Waals surface area (Å²) in [6.07, 6.45) is -4.69. The molecule has 112 valence electrons. The number of carbonyl (C=O) groups is 1. The van der Waals surface area contributed by atoms with Crippen molar-refractivity contribution in [3.8, 4) is 0 Å². The zero-order valence-electron chi connectivity index (χ0n) is 11.2. The van der Waals surface area contributed by atoms with Crippen molar-refractivity contribution >= 4 is 5.97 Å². The van der Waals surface area contributed by atoms with Gasteiger partial charge in [-0.15, -0.1) is 0 Å². The number of hydrogen-bond donors (Lipinski definition) is 1. The normalized spacial score (nSPS) is 14.0. The van der Waals surface area contributed by atoms with Gasteiger partial charge in [0.25, 0.3) is 0 Å². The highest BCUT2D eigenvalue weighted by Crippen LogP contribution is 2.40. The van der Waals surface area contributed by atoms with Gasteiger partial charge in [0.05, 0.1) is 18.1 Å². The summed E-state index contributed by atoms with van der Waals surface area (Å²) in [6, 6.07) is 0.641. The van der Waals surface area contributed by atoms with Crippen molar-refractivity contribution in [1.82, 2.24) is 0 Å². The number of alkyl halides is 3. The van der Waals surface area contributed by atoms with Gasteiger partial charge >= 0.3 is 12.1 Å². The molecule has 3 nitrogen and oxygen atoms in total. The molecular weight excluding hydrogens is 278 g/mol. The molecule has 0 unspecified atom stereocenters. The summed E-state index contributed by atoms with van der Waals surface area (Å²) >= 11 is 0. The summed E-state index contributed by atoms with van der Waals surface area (Å²) in [5, 5.41) is 0. The second kappa shape index (κ2) is 5.40. The molecular formula is C13H15F4NO2. The minimum absolute atomic E-state index is 0.479. The molecule has 0 saturated heterocycles. The highest BCUT2D eigenvalue weighted by atomic mass is 19.4. The van der Waals surface area contributed by atoms with E-state index >= 15 is 0 Å². The van der Waals surface area contributed by atoms with Gasteiger partial charge < -0.3 is 10.5 Å². The molecule has 0 heterocycles. The van der Waals surface area contributed by atoms with Crippen molar-refractivity contribution in [2.45, 2.75) is 26.1 Å². The third kappa shape index (κ3) is 3.09. The van der Waals surface area contributed by atoms with Gasteiger partial charge in [-0.25, -0.2) is 4.39 Å². The molecule has 7 heteroatoms. The van der Waals surface area contributed by atoms with Gasteiger partial charge in [0.2, 0.25) is 0 Å². The van der Waals surface area contributed by atoms with Gasteiger partial charge in [0, 0.05) is 6.04 Å². The Balaban J connectivity index is 3.38. The first-order valence-electron chi connectivity index (χ1n) is 5.72. The molecule has 1 rings (SSSR count). The molecule has 0 radical (unpaired) electrons. The molecule has 0 bridgehead atoms. The SMILES string of the molecule is COC(=O)C(C)(C)[C@@H](N)c1cc(F)ccc1C(F)(F)F. The Bertz CT molecular complexity index is 512. The molecule has 1 atom stereocenters. The zero-order valence-corrected chi connectivity index (χ0v) is 11.2. The predicted octanol–water partition coefficient (Wildman–Crippen LogP) is 3.04. The third-order valence-electron chi connectivity index (χ3n) is 3.14. The third-order valence-corrected chi connectivity index (χ3v) is 3.14. The maximum absolute atomic E-state index is 13.2. The Hall–Kier alpha value is -1.63. The zero-order chi connectivity index (χ0) is 15.7. The smallest absolute Gasteiger partial charge is 0.416 e. The number of rotatable bonds is 3. The van der Waals surface area contributed by atoms with E-state index in [0.29, 0.717) is 18.2 Å². The number of halogens is 4. The molecule has 0 spiro atoms. The fraction of sp³-hybridized carbons (Fsp3) is 0.462. The molecule has 0 saturated carbocycles. The Morgan fingerprint density at radius 1 is 1.30 bits per heavy atom. The number of methoxy groups -OCH3 is 1. The summed E-state index contributed by atoms with van der Waals surface area (Å²) in [5.74, 6) is -1.63. The van der Waals surface area contributed by atoms with E-state index in [4.69, 9.17) is 5.73 Å². The van der Waals surface area contributed by atoms with Crippen molar-refractivity contribution in [1.29, 1.82) is 0 Å². The van der Waals surface area contributed by atoms with Gasteiger partial charge in [-0.2, -0.15) is 13.2 Å². The van der Waals surface area contributed by atoms with Crippen LogP contribution in [0.4, 0.5) is 17.6 Å². The Morgan fingerprint density at radius 3 is 2.30 bits per heavy atom. The summed E-state index contributed by atoms with van der Waals surface area (Å²) in [7, 11) is 1.10. The van der Waals surface area contributed by atoms with Crippen LogP contribution in [-0.2, 0) is 15.7 Å². The van der Waals surface area contributed by atoms with Gasteiger partial charge in [0.1, 0.15) is 5.82 Å². The van der Waals surface area contributed by atoms with E-state index in [1.807, 2.05) is 0 Å². The highest BCUT2D eigenvalue weighted by Gasteiger charge is 2.42. The van der Waals surface area contributed by atoms with Crippen LogP contribution in [0.3, 0.4) is 0 Å². The predicted molar refractivity (Wildman–Crippen MR) is 64.1 cm³/mol. The average Bonchev–Trinajstić information content (AvgIpc) is 2.35. The fourth-order valence-corrected chi connectivity index (χ4v) is 1.83. The van der Waals surface area contributed by atoms with Crippen LogP contribution in [0.25, 0.3) is 0 Å². The Kier molecular flexibility index (Phi) is 4.43. The van der Waals surface area contributed by atoms with Gasteiger partial charge in [0.15, 0.2) is 0 Å². The lowest BCUT2D eigenvalue weighted by Crippen LogP contribution is -2.38. The van der Waals surface area contributed by atoms with Gasteiger partial charge in [-0.1, -0.05) is 0 Å². The summed E-state index contributed by atoms with van der Waals surface area (Å²) in [6.45, 7) is 2.68. The summed E-state index contributed by atoms with van der Waals surface area (Å²) in [4.78, 5) is 11.6. The molecule has 0 aliphatic heterocycles. The monoisotopic (exact) mass is 293 g/mol. The average molecular weight is 293 g/mol. The summed E-state index contributed by atoms with van der Waals surface area (Å²) < 4.78 is 56.5. The van der Waals surface area contributed by atoms with Gasteiger partial charge in [-0.3, -0.25) is 4.79 Å². The van der Waals surface area contributed by atoms with E-state index in [9.17, 15) is 22.4 Å². The van der Waals surface area contributed by atoms with Crippen LogP contribution in [0.1, 0.15) is 31.0 Å². The van der Waals surface area contributed by atoms with Crippen LogP contribution in [0.2, 0.25) is 0 Å². The van der Waals surface area contributed by atoms with Crippen LogP contribution in [-0.4, -0.2) is 13.1 Å². The minimum atomic E-state index is -4.69. The van der Waals surface area contributed by atoms with E-state index in [-0.39, 0.29) is 0 Å². The number of esters is 1. The van der Waals surface area contributed by atoms with Crippen LogP contribution in [0.15, 0.2) is 18.2 Å². The number of nitrogens with two attached hydrogens (primary N) is 1. The number of benzene rings is 1. The minimum Gasteiger partial charge on any atom is -0.469 e. The fourth-order valence-electron chi connectivity index (χ4n) is 1.83. The lowest BCUT2D eigenvalue weighted by Gasteiger charge is -2.30. The van der Waals surface area contributed by atoms with E-state index in [1.54, 1.807) is 0 Å². The Morgan fingerprint density at radius 2 is 1.85 bits per heavy atom. The summed E-state index contributed by atoms with van der Waals surface area (Å²) in [5.41, 5.74) is 2.78. The topological polar surface area (TPSA) is 52.3 Å². The van der Waals surface area contributed by atoms with Crippen LogP contribution >= 0.6 is 0 Å². The first-order chi connectivity index (χ1) is 9.01. The molecule has 0 aliphatic carbocycles. The second-order valence-corrected chi connectivity index (χ2v) is 4.92. The maximum Gasteiger partial charge on any atom is 0.416 e. The van der Waals surface area contributed by atoms with Crippen LogP contribution in [0, 0.1) is 11.2 Å². The first kappa shape index (κ1) is 16.4. The Labute approximate surface area is 113 Å². The molecule has 1 aromatic rings. The van der Waals surface area contributed by atoms with E-state index in [1.165, 1.54) is 13.8 Å². The number of ether oxygens (including phenoxy) is 1. The highest BCUT2D eigenvalue weighted by molar-refractivity contribution is 5.77. The molecule has 0 aromatic heterocycles. The molecule has 2 N–H and O–H groups in total.